The molecular weight excluding hydrogens is 288 g/mol. The summed E-state index contributed by atoms with van der Waals surface area (Å²) < 4.78 is 13.4. The topological polar surface area (TPSA) is 12.0 Å². The molecule has 0 aromatic heterocycles. The molecule has 0 aliphatic rings. The van der Waals surface area contributed by atoms with Crippen LogP contribution in [0, 0.1) is 12.7 Å². The van der Waals surface area contributed by atoms with Crippen LogP contribution in [-0.2, 0) is 0 Å². The van der Waals surface area contributed by atoms with Crippen molar-refractivity contribution in [3.05, 3.63) is 29.6 Å². The summed E-state index contributed by atoms with van der Waals surface area (Å²) in [5.74, 6) is -0.195. The minimum absolute atomic E-state index is 0.195. The molecule has 1 rings (SSSR count). The second kappa shape index (κ2) is 4.13. The van der Waals surface area contributed by atoms with Crippen molar-refractivity contribution in [2.45, 2.75) is 6.92 Å². The number of aryl methyl sites for hydroxylation is 1. The molecule has 12 heavy (non-hydrogen) atoms. The molecule has 0 spiro atoms. The number of rotatable bonds is 1. The van der Waals surface area contributed by atoms with Crippen molar-refractivity contribution < 1.29 is 4.39 Å². The number of benzene rings is 1. The first kappa shape index (κ1) is 9.85. The SMILES string of the molecule is Cc1cc(NC(=S)I)ccc1F. The number of thiocarbonyl (C=S) groups is 1. The first-order valence-corrected chi connectivity index (χ1v) is 4.81. The fourth-order valence-corrected chi connectivity index (χ4v) is 1.27. The normalized spacial score (nSPS) is 9.58. The van der Waals surface area contributed by atoms with Crippen molar-refractivity contribution in [2.24, 2.45) is 0 Å². The molecule has 0 fully saturated rings. The largest absolute Gasteiger partial charge is 0.342 e. The average molecular weight is 295 g/mol. The Labute approximate surface area is 89.5 Å². The van der Waals surface area contributed by atoms with Gasteiger partial charge in [-0.1, -0.05) is 12.2 Å². The molecule has 0 aliphatic heterocycles. The van der Waals surface area contributed by atoms with E-state index in [1.54, 1.807) is 19.1 Å². The smallest absolute Gasteiger partial charge is 0.142 e. The Hall–Kier alpha value is -0.230. The molecule has 1 nitrogen and oxygen atoms in total. The maximum atomic E-state index is 12.8. The third kappa shape index (κ3) is 2.67. The maximum absolute atomic E-state index is 12.8. The lowest BCUT2D eigenvalue weighted by atomic mass is 10.2. The van der Waals surface area contributed by atoms with E-state index in [1.165, 1.54) is 6.07 Å². The van der Waals surface area contributed by atoms with Gasteiger partial charge in [0, 0.05) is 5.69 Å². The fraction of sp³-hybridized carbons (Fsp3) is 0.125. The van der Waals surface area contributed by atoms with E-state index in [9.17, 15) is 4.39 Å². The lowest BCUT2D eigenvalue weighted by Gasteiger charge is -2.03. The quantitative estimate of drug-likeness (QED) is 0.369. The van der Waals surface area contributed by atoms with Gasteiger partial charge in [-0.05, 0) is 53.3 Å². The predicted molar refractivity (Wildman–Crippen MR) is 61.4 cm³/mol. The second-order valence-corrected chi connectivity index (χ2v) is 4.58. The molecule has 4 heteroatoms. The molecule has 0 bridgehead atoms. The van der Waals surface area contributed by atoms with Crippen LogP contribution in [0.1, 0.15) is 5.56 Å². The molecule has 1 N–H and O–H groups in total. The molecule has 0 amide bonds. The Morgan fingerprint density at radius 2 is 2.25 bits per heavy atom. The molecule has 1 aromatic rings. The Balaban J connectivity index is 2.89. The molecule has 0 saturated heterocycles. The Morgan fingerprint density at radius 3 is 2.75 bits per heavy atom. The highest BCUT2D eigenvalue weighted by molar-refractivity contribution is 14.1. The molecule has 1 aromatic carbocycles. The Morgan fingerprint density at radius 1 is 1.58 bits per heavy atom. The first-order valence-electron chi connectivity index (χ1n) is 3.32. The van der Waals surface area contributed by atoms with Crippen LogP contribution in [-0.4, -0.2) is 3.00 Å². The third-order valence-corrected chi connectivity index (χ3v) is 1.77. The molecule has 0 heterocycles. The van der Waals surface area contributed by atoms with E-state index >= 15 is 0 Å². The van der Waals surface area contributed by atoms with Crippen molar-refractivity contribution in [1.29, 1.82) is 0 Å². The number of nitrogens with one attached hydrogen (secondary N) is 1. The first-order chi connectivity index (χ1) is 5.59. The molecule has 0 aliphatic carbocycles. The Bertz CT molecular complexity index is 314. The van der Waals surface area contributed by atoms with Crippen molar-refractivity contribution in [3.63, 3.8) is 0 Å². The van der Waals surface area contributed by atoms with E-state index in [0.29, 0.717) is 8.56 Å². The monoisotopic (exact) mass is 295 g/mol. The van der Waals surface area contributed by atoms with Gasteiger partial charge in [0.15, 0.2) is 0 Å². The summed E-state index contributed by atoms with van der Waals surface area (Å²) in [6, 6.07) is 4.81. The van der Waals surface area contributed by atoms with Crippen molar-refractivity contribution in [3.8, 4) is 0 Å². The zero-order chi connectivity index (χ0) is 9.14. The van der Waals surface area contributed by atoms with Crippen LogP contribution in [0.3, 0.4) is 0 Å². The molecular formula is C8H7FINS. The van der Waals surface area contributed by atoms with Gasteiger partial charge in [0.2, 0.25) is 0 Å². The van der Waals surface area contributed by atoms with E-state index in [2.05, 4.69) is 5.32 Å². The minimum atomic E-state index is -0.195. The minimum Gasteiger partial charge on any atom is -0.342 e. The van der Waals surface area contributed by atoms with E-state index in [4.69, 9.17) is 12.2 Å². The van der Waals surface area contributed by atoms with Gasteiger partial charge in [-0.25, -0.2) is 4.39 Å². The summed E-state index contributed by atoms with van der Waals surface area (Å²) in [7, 11) is 0. The van der Waals surface area contributed by atoms with Gasteiger partial charge < -0.3 is 5.32 Å². The number of halogens is 2. The average Bonchev–Trinajstić information content (AvgIpc) is 1.96. The highest BCUT2D eigenvalue weighted by Crippen LogP contribution is 2.14. The van der Waals surface area contributed by atoms with Gasteiger partial charge in [-0.15, -0.1) is 0 Å². The molecule has 0 saturated carbocycles. The lowest BCUT2D eigenvalue weighted by Crippen LogP contribution is -2.00. The summed E-state index contributed by atoms with van der Waals surface area (Å²) in [6.07, 6.45) is 0. The summed E-state index contributed by atoms with van der Waals surface area (Å²) in [5, 5.41) is 2.92. The number of hydrogen-bond donors (Lipinski definition) is 1. The molecule has 0 radical (unpaired) electrons. The fourth-order valence-electron chi connectivity index (χ4n) is 0.836. The third-order valence-electron chi connectivity index (χ3n) is 1.40. The second-order valence-electron chi connectivity index (χ2n) is 2.36. The zero-order valence-corrected chi connectivity index (χ0v) is 9.37. The summed E-state index contributed by atoms with van der Waals surface area (Å²) in [5.41, 5.74) is 1.45. The maximum Gasteiger partial charge on any atom is 0.142 e. The van der Waals surface area contributed by atoms with Crippen LogP contribution in [0.4, 0.5) is 10.1 Å². The van der Waals surface area contributed by atoms with Crippen LogP contribution in [0.15, 0.2) is 18.2 Å². The molecule has 0 unspecified atom stereocenters. The molecule has 0 atom stereocenters. The van der Waals surface area contributed by atoms with Gasteiger partial charge >= 0.3 is 0 Å². The van der Waals surface area contributed by atoms with Crippen molar-refractivity contribution >= 4 is 43.5 Å². The van der Waals surface area contributed by atoms with Gasteiger partial charge in [-0.3, -0.25) is 0 Å². The van der Waals surface area contributed by atoms with Crippen LogP contribution in [0.25, 0.3) is 0 Å². The zero-order valence-electron chi connectivity index (χ0n) is 6.40. The van der Waals surface area contributed by atoms with Crippen LogP contribution >= 0.6 is 34.8 Å². The number of hydrogen-bond acceptors (Lipinski definition) is 1. The predicted octanol–water partition coefficient (Wildman–Crippen LogP) is 3.27. The Kier molecular flexibility index (Phi) is 3.39. The van der Waals surface area contributed by atoms with Crippen LogP contribution < -0.4 is 5.32 Å². The van der Waals surface area contributed by atoms with Crippen LogP contribution in [0.2, 0.25) is 0 Å². The summed E-state index contributed by atoms with van der Waals surface area (Å²) in [6.45, 7) is 1.72. The highest BCUT2D eigenvalue weighted by Gasteiger charge is 1.98. The van der Waals surface area contributed by atoms with Crippen molar-refractivity contribution in [1.82, 2.24) is 0 Å². The van der Waals surface area contributed by atoms with Gasteiger partial charge in [0.1, 0.15) is 8.81 Å². The van der Waals surface area contributed by atoms with E-state index < -0.39 is 0 Å². The van der Waals surface area contributed by atoms with E-state index in [-0.39, 0.29) is 5.82 Å². The van der Waals surface area contributed by atoms with Gasteiger partial charge in [0.25, 0.3) is 0 Å². The number of anilines is 1. The van der Waals surface area contributed by atoms with Crippen LogP contribution in [0.5, 0.6) is 0 Å². The van der Waals surface area contributed by atoms with E-state index in [0.717, 1.165) is 5.69 Å². The van der Waals surface area contributed by atoms with Crippen molar-refractivity contribution in [2.75, 3.05) is 5.32 Å². The van der Waals surface area contributed by atoms with Gasteiger partial charge in [0.05, 0.1) is 0 Å². The summed E-state index contributed by atoms with van der Waals surface area (Å²) >= 11 is 6.83. The standard InChI is InChI=1S/C8H7FINS/c1-5-4-6(11-8(10)12)2-3-7(5)9/h2-4H,1H3,(H,11,12). The lowest BCUT2D eigenvalue weighted by molar-refractivity contribution is 0.619. The van der Waals surface area contributed by atoms with Gasteiger partial charge in [-0.2, -0.15) is 0 Å². The van der Waals surface area contributed by atoms with E-state index in [1.807, 2.05) is 22.6 Å². The molecule has 64 valence electrons. The highest BCUT2D eigenvalue weighted by atomic mass is 127. The summed E-state index contributed by atoms with van der Waals surface area (Å²) in [4.78, 5) is 0.